The largest absolute Gasteiger partial charge is 0.345 e. The number of aromatic amines is 1. The molecule has 0 bridgehead atoms. The van der Waals surface area contributed by atoms with Crippen molar-refractivity contribution in [3.05, 3.63) is 34.7 Å². The first-order chi connectivity index (χ1) is 11.2. The average Bonchev–Trinajstić information content (AvgIpc) is 3.01. The molecule has 0 spiro atoms. The number of imidazole rings is 1. The molecule has 0 aliphatic rings. The quantitative estimate of drug-likeness (QED) is 0.824. The molecule has 2 aromatic heterocycles. The minimum atomic E-state index is -0.120. The maximum atomic E-state index is 12.5. The number of H-pyrrole nitrogens is 1. The first kappa shape index (κ1) is 17.9. The predicted molar refractivity (Wildman–Crippen MR) is 90.8 cm³/mol. The molecule has 0 saturated carbocycles. The van der Waals surface area contributed by atoms with Crippen LogP contribution in [0.15, 0.2) is 6.20 Å². The van der Waals surface area contributed by atoms with Crippen LogP contribution in [-0.2, 0) is 11.3 Å². The highest BCUT2D eigenvalue weighted by Crippen LogP contribution is 2.20. The number of aromatic nitrogens is 4. The van der Waals surface area contributed by atoms with Crippen LogP contribution in [0.5, 0.6) is 0 Å². The molecule has 0 aliphatic carbocycles. The Morgan fingerprint density at radius 1 is 1.33 bits per heavy atom. The maximum absolute atomic E-state index is 12.5. The van der Waals surface area contributed by atoms with Gasteiger partial charge in [-0.2, -0.15) is 5.10 Å². The van der Waals surface area contributed by atoms with E-state index in [0.717, 1.165) is 17.2 Å². The summed E-state index contributed by atoms with van der Waals surface area (Å²) < 4.78 is 1.77. The van der Waals surface area contributed by atoms with Gasteiger partial charge in [-0.05, 0) is 34.6 Å². The van der Waals surface area contributed by atoms with Crippen LogP contribution in [0, 0.1) is 20.8 Å². The second kappa shape index (κ2) is 6.98. The summed E-state index contributed by atoms with van der Waals surface area (Å²) in [6, 6.07) is -0.120. The summed E-state index contributed by atoms with van der Waals surface area (Å²) in [5.41, 5.74) is 3.13. The van der Waals surface area contributed by atoms with Crippen molar-refractivity contribution in [3.8, 4) is 0 Å². The molecule has 0 aromatic carbocycles. The summed E-state index contributed by atoms with van der Waals surface area (Å²) >= 11 is 0. The van der Waals surface area contributed by atoms with E-state index in [1.807, 2.05) is 27.7 Å². The van der Waals surface area contributed by atoms with E-state index in [9.17, 15) is 9.59 Å². The zero-order valence-electron chi connectivity index (χ0n) is 15.2. The molecular formula is C17H25N5O2. The Hall–Kier alpha value is -2.44. The third-order valence-corrected chi connectivity index (χ3v) is 4.13. The first-order valence-electron chi connectivity index (χ1n) is 8.01. The Balaban J connectivity index is 2.06. The van der Waals surface area contributed by atoms with Crippen LogP contribution in [0.3, 0.4) is 0 Å². The lowest BCUT2D eigenvalue weighted by molar-refractivity contribution is -0.131. The molecule has 1 amide bonds. The van der Waals surface area contributed by atoms with Crippen molar-refractivity contribution >= 4 is 11.7 Å². The number of aryl methyl sites for hydroxylation is 2. The molecule has 0 radical (unpaired) electrons. The molecule has 130 valence electrons. The molecule has 0 saturated heterocycles. The average molecular weight is 331 g/mol. The Morgan fingerprint density at radius 3 is 2.50 bits per heavy atom. The lowest BCUT2D eigenvalue weighted by Crippen LogP contribution is -2.29. The van der Waals surface area contributed by atoms with Crippen molar-refractivity contribution in [2.45, 2.75) is 53.6 Å². The number of nitrogens with one attached hydrogen (secondary N) is 1. The number of rotatable bonds is 6. The van der Waals surface area contributed by atoms with Gasteiger partial charge in [-0.3, -0.25) is 14.3 Å². The predicted octanol–water partition coefficient (Wildman–Crippen LogP) is 2.34. The van der Waals surface area contributed by atoms with Crippen molar-refractivity contribution in [1.82, 2.24) is 24.6 Å². The molecule has 1 N–H and O–H groups in total. The van der Waals surface area contributed by atoms with Crippen LogP contribution in [0.25, 0.3) is 0 Å². The number of Topliss-reactive ketones (excluding diaryl/α,β-unsaturated/α-hetero) is 1. The van der Waals surface area contributed by atoms with Crippen molar-refractivity contribution in [3.63, 3.8) is 0 Å². The highest BCUT2D eigenvalue weighted by molar-refractivity contribution is 5.96. The number of amides is 1. The summed E-state index contributed by atoms with van der Waals surface area (Å²) in [7, 11) is 1.76. The molecule has 0 aliphatic heterocycles. The minimum Gasteiger partial charge on any atom is -0.345 e. The lowest BCUT2D eigenvalue weighted by Gasteiger charge is -2.20. The third kappa shape index (κ3) is 3.72. The number of nitrogens with zero attached hydrogens (tertiary/aromatic N) is 4. The summed E-state index contributed by atoms with van der Waals surface area (Å²) in [5.74, 6) is 0.773. The van der Waals surface area contributed by atoms with Crippen LogP contribution in [0.1, 0.15) is 59.6 Å². The van der Waals surface area contributed by atoms with Crippen LogP contribution >= 0.6 is 0 Å². The Labute approximate surface area is 142 Å². The first-order valence-corrected chi connectivity index (χ1v) is 8.01. The molecule has 7 heteroatoms. The number of carbonyl (C=O) groups excluding carboxylic acids is 2. The summed E-state index contributed by atoms with van der Waals surface area (Å²) in [5, 5.41) is 4.44. The smallest absolute Gasteiger partial charge is 0.224 e. The van der Waals surface area contributed by atoms with Gasteiger partial charge >= 0.3 is 0 Å². The fourth-order valence-corrected chi connectivity index (χ4v) is 2.96. The van der Waals surface area contributed by atoms with E-state index in [1.54, 1.807) is 22.8 Å². The van der Waals surface area contributed by atoms with Gasteiger partial charge in [0.1, 0.15) is 5.82 Å². The van der Waals surface area contributed by atoms with Crippen molar-refractivity contribution in [2.75, 3.05) is 7.05 Å². The zero-order valence-corrected chi connectivity index (χ0v) is 15.2. The lowest BCUT2D eigenvalue weighted by atomic mass is 10.1. The standard InChI is InChI=1S/C17H25N5O2/c1-10-8-18-15(19-10)9-21(6)16(24)7-11(2)22-13(4)17(14(5)23)12(3)20-22/h8,11H,7,9H2,1-6H3,(H,18,19)/t11-/m1/s1. The van der Waals surface area contributed by atoms with Gasteiger partial charge in [0.25, 0.3) is 0 Å². The van der Waals surface area contributed by atoms with Gasteiger partial charge < -0.3 is 9.88 Å². The van der Waals surface area contributed by atoms with Crippen molar-refractivity contribution in [1.29, 1.82) is 0 Å². The second-order valence-electron chi connectivity index (χ2n) is 6.36. The van der Waals surface area contributed by atoms with E-state index in [-0.39, 0.29) is 17.7 Å². The van der Waals surface area contributed by atoms with E-state index in [4.69, 9.17) is 0 Å². The Bertz CT molecular complexity index is 759. The number of hydrogen-bond acceptors (Lipinski definition) is 4. The zero-order chi connectivity index (χ0) is 18.0. The molecule has 7 nitrogen and oxygen atoms in total. The van der Waals surface area contributed by atoms with E-state index in [1.165, 1.54) is 6.92 Å². The summed E-state index contributed by atoms with van der Waals surface area (Å²) in [6.45, 7) is 9.53. The van der Waals surface area contributed by atoms with Gasteiger partial charge in [0.2, 0.25) is 5.91 Å². The van der Waals surface area contributed by atoms with Gasteiger partial charge in [-0.1, -0.05) is 0 Å². The molecule has 1 atom stereocenters. The number of carbonyl (C=O) groups is 2. The van der Waals surface area contributed by atoms with Crippen LogP contribution < -0.4 is 0 Å². The topological polar surface area (TPSA) is 83.9 Å². The highest BCUT2D eigenvalue weighted by Gasteiger charge is 2.21. The van der Waals surface area contributed by atoms with E-state index in [0.29, 0.717) is 24.2 Å². The number of ketones is 1. The summed E-state index contributed by atoms with van der Waals surface area (Å²) in [6.07, 6.45) is 2.06. The van der Waals surface area contributed by atoms with Gasteiger partial charge in [0.05, 0.1) is 23.8 Å². The van der Waals surface area contributed by atoms with E-state index in [2.05, 4.69) is 15.1 Å². The molecule has 2 heterocycles. The minimum absolute atomic E-state index is 0.0000776. The molecule has 2 aromatic rings. The SMILES string of the molecule is CC(=O)c1c(C)nn([C@H](C)CC(=O)N(C)Cc2ncc(C)[nH]2)c1C. The van der Waals surface area contributed by atoms with E-state index < -0.39 is 0 Å². The Morgan fingerprint density at radius 2 is 2.00 bits per heavy atom. The maximum Gasteiger partial charge on any atom is 0.224 e. The monoisotopic (exact) mass is 331 g/mol. The molecule has 0 fully saturated rings. The second-order valence-corrected chi connectivity index (χ2v) is 6.36. The van der Waals surface area contributed by atoms with Gasteiger partial charge in [0.15, 0.2) is 5.78 Å². The normalized spacial score (nSPS) is 12.2. The molecule has 2 rings (SSSR count). The van der Waals surface area contributed by atoms with Gasteiger partial charge in [-0.25, -0.2) is 4.98 Å². The third-order valence-electron chi connectivity index (χ3n) is 4.13. The molecular weight excluding hydrogens is 306 g/mol. The Kier molecular flexibility index (Phi) is 5.21. The van der Waals surface area contributed by atoms with Crippen LogP contribution in [0.2, 0.25) is 0 Å². The fourth-order valence-electron chi connectivity index (χ4n) is 2.96. The highest BCUT2D eigenvalue weighted by atomic mass is 16.2. The fraction of sp³-hybridized carbons (Fsp3) is 0.529. The van der Waals surface area contributed by atoms with Crippen LogP contribution in [-0.4, -0.2) is 43.4 Å². The van der Waals surface area contributed by atoms with Gasteiger partial charge in [-0.15, -0.1) is 0 Å². The van der Waals surface area contributed by atoms with Crippen molar-refractivity contribution < 1.29 is 9.59 Å². The van der Waals surface area contributed by atoms with Crippen molar-refractivity contribution in [2.24, 2.45) is 0 Å². The summed E-state index contributed by atoms with van der Waals surface area (Å²) in [4.78, 5) is 33.2. The van der Waals surface area contributed by atoms with E-state index >= 15 is 0 Å². The molecule has 0 unspecified atom stereocenters. The number of hydrogen-bond donors (Lipinski definition) is 1. The van der Waals surface area contributed by atoms with Crippen LogP contribution in [0.4, 0.5) is 0 Å². The van der Waals surface area contributed by atoms with Gasteiger partial charge in [0, 0.05) is 31.1 Å². The molecule has 24 heavy (non-hydrogen) atoms.